The molecule has 1 heterocycles. The highest BCUT2D eigenvalue weighted by atomic mass is 32.2. The Hall–Kier alpha value is -1.57. The maximum atomic E-state index is 11.7. The summed E-state index contributed by atoms with van der Waals surface area (Å²) in [6.07, 6.45) is 4.08. The second-order valence-corrected chi connectivity index (χ2v) is 5.60. The van der Waals surface area contributed by atoms with E-state index in [1.54, 1.807) is 0 Å². The van der Waals surface area contributed by atoms with Gasteiger partial charge in [0.25, 0.3) is 5.88 Å². The summed E-state index contributed by atoms with van der Waals surface area (Å²) >= 11 is 0. The first-order valence-electron chi connectivity index (χ1n) is 5.58. The van der Waals surface area contributed by atoms with E-state index in [0.717, 1.165) is 23.8 Å². The highest BCUT2D eigenvalue weighted by molar-refractivity contribution is 7.86. The number of rotatable bonds is 5. The molecule has 0 saturated carbocycles. The van der Waals surface area contributed by atoms with E-state index in [4.69, 9.17) is 0 Å². The number of carbonyl (C=O) groups excluding carboxylic acids is 1. The highest BCUT2D eigenvalue weighted by Crippen LogP contribution is 2.08. The Kier molecular flexibility index (Phi) is 4.71. The van der Waals surface area contributed by atoms with Gasteiger partial charge in [0.2, 0.25) is 0 Å². The minimum Gasteiger partial charge on any atom is -0.360 e. The van der Waals surface area contributed by atoms with Gasteiger partial charge in [-0.15, -0.1) is 5.10 Å². The van der Waals surface area contributed by atoms with Gasteiger partial charge in [-0.25, -0.2) is 4.79 Å². The van der Waals surface area contributed by atoms with Crippen molar-refractivity contribution in [2.24, 2.45) is 0 Å². The van der Waals surface area contributed by atoms with Gasteiger partial charge in [0.05, 0.1) is 6.26 Å². The fraction of sp³-hybridized carbons (Fsp3) is 0.600. The van der Waals surface area contributed by atoms with Crippen LogP contribution in [0.15, 0.2) is 12.3 Å². The summed E-state index contributed by atoms with van der Waals surface area (Å²) in [6, 6.07) is 0.927. The molecule has 0 saturated heterocycles. The summed E-state index contributed by atoms with van der Waals surface area (Å²) < 4.78 is 27.3. The van der Waals surface area contributed by atoms with E-state index in [1.165, 1.54) is 12.3 Å². The van der Waals surface area contributed by atoms with Crippen LogP contribution in [0.3, 0.4) is 0 Å². The van der Waals surface area contributed by atoms with E-state index in [1.807, 2.05) is 13.8 Å². The van der Waals surface area contributed by atoms with Crippen molar-refractivity contribution in [3.8, 4) is 5.88 Å². The zero-order chi connectivity index (χ0) is 13.8. The summed E-state index contributed by atoms with van der Waals surface area (Å²) in [5.41, 5.74) is 0. The molecule has 1 N–H and O–H groups in total. The van der Waals surface area contributed by atoms with Gasteiger partial charge in [0.15, 0.2) is 0 Å². The van der Waals surface area contributed by atoms with Crippen molar-refractivity contribution in [3.05, 3.63) is 12.3 Å². The Labute approximate surface area is 106 Å². The summed E-state index contributed by atoms with van der Waals surface area (Å²) in [6.45, 7) is 3.91. The molecule has 0 aliphatic heterocycles. The van der Waals surface area contributed by atoms with Crippen molar-refractivity contribution in [3.63, 3.8) is 0 Å². The minimum absolute atomic E-state index is 0.0333. The quantitative estimate of drug-likeness (QED) is 0.808. The summed E-state index contributed by atoms with van der Waals surface area (Å²) in [5.74, 6) is -0.129. The van der Waals surface area contributed by atoms with Crippen molar-refractivity contribution >= 4 is 16.1 Å². The number of nitrogens with zero attached hydrogens (tertiary/aromatic N) is 2. The first kappa shape index (κ1) is 14.5. The topological polar surface area (TPSA) is 90.3 Å². The third-order valence-electron chi connectivity index (χ3n) is 2.10. The molecule has 1 aromatic heterocycles. The van der Waals surface area contributed by atoms with E-state index < -0.39 is 16.1 Å². The van der Waals surface area contributed by atoms with Gasteiger partial charge in [-0.3, -0.25) is 0 Å². The molecule has 7 nitrogen and oxygen atoms in total. The van der Waals surface area contributed by atoms with Gasteiger partial charge in [0, 0.05) is 18.3 Å². The Morgan fingerprint density at radius 3 is 2.83 bits per heavy atom. The first-order valence-corrected chi connectivity index (χ1v) is 7.39. The van der Waals surface area contributed by atoms with Crippen molar-refractivity contribution < 1.29 is 17.4 Å². The largest absolute Gasteiger partial charge is 0.360 e. The van der Waals surface area contributed by atoms with Crippen molar-refractivity contribution in [1.82, 2.24) is 15.1 Å². The van der Waals surface area contributed by atoms with Crippen molar-refractivity contribution in [2.75, 3.05) is 6.26 Å². The lowest BCUT2D eigenvalue weighted by molar-refractivity contribution is 0.235. The maximum Gasteiger partial charge on any atom is 0.342 e. The monoisotopic (exact) mass is 275 g/mol. The first-order chi connectivity index (χ1) is 8.31. The summed E-state index contributed by atoms with van der Waals surface area (Å²) in [5, 5.41) is 6.44. The Balaban J connectivity index is 2.65. The van der Waals surface area contributed by atoms with E-state index in [9.17, 15) is 13.2 Å². The minimum atomic E-state index is -3.63. The number of carbonyl (C=O) groups is 1. The highest BCUT2D eigenvalue weighted by Gasteiger charge is 2.12. The third kappa shape index (κ3) is 4.74. The fourth-order valence-electron chi connectivity index (χ4n) is 1.40. The molecule has 0 fully saturated rings. The molecule has 1 unspecified atom stereocenters. The molecule has 8 heteroatoms. The van der Waals surface area contributed by atoms with Gasteiger partial charge < -0.3 is 9.50 Å². The molecule has 102 valence electrons. The van der Waals surface area contributed by atoms with Crippen LogP contribution in [-0.2, 0) is 10.1 Å². The molecule has 1 atom stereocenters. The number of amides is 1. The second kappa shape index (κ2) is 5.85. The molecule has 0 spiro atoms. The Morgan fingerprint density at radius 2 is 2.28 bits per heavy atom. The molecule has 18 heavy (non-hydrogen) atoms. The van der Waals surface area contributed by atoms with Crippen molar-refractivity contribution in [1.29, 1.82) is 0 Å². The Morgan fingerprint density at radius 1 is 1.61 bits per heavy atom. The molecule has 1 amide bonds. The second-order valence-electron chi connectivity index (χ2n) is 4.03. The van der Waals surface area contributed by atoms with Gasteiger partial charge >= 0.3 is 16.1 Å². The molecule has 1 rings (SSSR count). The van der Waals surface area contributed by atoms with Crippen molar-refractivity contribution in [2.45, 2.75) is 32.7 Å². The van der Waals surface area contributed by atoms with Crippen LogP contribution in [0.4, 0.5) is 4.79 Å². The molecule has 0 radical (unpaired) electrons. The molecule has 1 aromatic rings. The standard InChI is InChI=1S/C10H17N3O4S/c1-4-5-8(2)11-10(14)13-7-6-9(12-13)17-18(3,15)16/h6-8H,4-5H2,1-3H3,(H,11,14). The van der Waals surface area contributed by atoms with E-state index in [2.05, 4.69) is 14.6 Å². The number of nitrogens with one attached hydrogen (secondary N) is 1. The van der Waals surface area contributed by atoms with Gasteiger partial charge in [-0.1, -0.05) is 13.3 Å². The zero-order valence-corrected chi connectivity index (χ0v) is 11.4. The average Bonchev–Trinajstić information content (AvgIpc) is 2.63. The number of hydrogen-bond donors (Lipinski definition) is 1. The van der Waals surface area contributed by atoms with E-state index in [0.29, 0.717) is 0 Å². The van der Waals surface area contributed by atoms with E-state index in [-0.39, 0.29) is 11.9 Å². The van der Waals surface area contributed by atoms with Gasteiger partial charge in [-0.05, 0) is 13.3 Å². The molecule has 0 aromatic carbocycles. The molecular formula is C10H17N3O4S. The molecular weight excluding hydrogens is 258 g/mol. The zero-order valence-electron chi connectivity index (χ0n) is 10.6. The number of aromatic nitrogens is 2. The molecule has 0 bridgehead atoms. The van der Waals surface area contributed by atoms with Crippen LogP contribution in [0.25, 0.3) is 0 Å². The predicted molar refractivity (Wildman–Crippen MR) is 66.0 cm³/mol. The van der Waals surface area contributed by atoms with Gasteiger partial charge in [0.1, 0.15) is 0 Å². The van der Waals surface area contributed by atoms with Crippen LogP contribution in [0.2, 0.25) is 0 Å². The molecule has 0 aliphatic rings. The smallest absolute Gasteiger partial charge is 0.342 e. The normalized spacial score (nSPS) is 13.1. The van der Waals surface area contributed by atoms with Crippen LogP contribution >= 0.6 is 0 Å². The van der Waals surface area contributed by atoms with Crippen LogP contribution in [0.5, 0.6) is 5.88 Å². The van der Waals surface area contributed by atoms with Crippen LogP contribution in [0.1, 0.15) is 26.7 Å². The molecule has 0 aliphatic carbocycles. The van der Waals surface area contributed by atoms with Crippen LogP contribution in [-0.4, -0.2) is 36.5 Å². The summed E-state index contributed by atoms with van der Waals surface area (Å²) in [7, 11) is -3.63. The summed E-state index contributed by atoms with van der Waals surface area (Å²) in [4.78, 5) is 11.7. The Bertz CT molecular complexity index is 509. The van der Waals surface area contributed by atoms with Gasteiger partial charge in [-0.2, -0.15) is 13.1 Å². The lowest BCUT2D eigenvalue weighted by atomic mass is 10.2. The predicted octanol–water partition coefficient (Wildman–Crippen LogP) is 0.968. The van der Waals surface area contributed by atoms with Crippen LogP contribution in [0, 0.1) is 0 Å². The lowest BCUT2D eigenvalue weighted by Crippen LogP contribution is -2.36. The SMILES string of the molecule is CCCC(C)NC(=O)n1ccc(OS(C)(=O)=O)n1. The lowest BCUT2D eigenvalue weighted by Gasteiger charge is -2.11. The maximum absolute atomic E-state index is 11.7. The van der Waals surface area contributed by atoms with Crippen LogP contribution < -0.4 is 9.50 Å². The number of hydrogen-bond acceptors (Lipinski definition) is 5. The van der Waals surface area contributed by atoms with E-state index >= 15 is 0 Å². The fourth-order valence-corrected chi connectivity index (χ4v) is 1.80. The average molecular weight is 275 g/mol. The third-order valence-corrected chi connectivity index (χ3v) is 2.57.